The molecule has 0 aliphatic heterocycles. The first-order valence-electron chi connectivity index (χ1n) is 5.79. The lowest BCUT2D eigenvalue weighted by Gasteiger charge is -2.07. The lowest BCUT2D eigenvalue weighted by Crippen LogP contribution is -2.13. The molecule has 0 bridgehead atoms. The van der Waals surface area contributed by atoms with Gasteiger partial charge >= 0.3 is 0 Å². The highest BCUT2D eigenvalue weighted by Crippen LogP contribution is 2.18. The smallest absolute Gasteiger partial charge is 0.270 e. The van der Waals surface area contributed by atoms with Crippen molar-refractivity contribution in [2.75, 3.05) is 5.32 Å². The summed E-state index contributed by atoms with van der Waals surface area (Å²) >= 11 is 0. The maximum absolute atomic E-state index is 13.5. The van der Waals surface area contributed by atoms with Gasteiger partial charge in [-0.15, -0.1) is 0 Å². The second kappa shape index (κ2) is 5.48. The number of rotatable bonds is 3. The van der Waals surface area contributed by atoms with Crippen LogP contribution in [0, 0.1) is 22.9 Å². The van der Waals surface area contributed by atoms with E-state index in [1.165, 1.54) is 30.3 Å². The van der Waals surface area contributed by atoms with Crippen molar-refractivity contribution in [3.8, 4) is 0 Å². The largest absolute Gasteiger partial charge is 0.319 e. The molecule has 102 valence electrons. The van der Waals surface area contributed by atoms with Crippen molar-refractivity contribution >= 4 is 17.3 Å². The van der Waals surface area contributed by atoms with E-state index in [-0.39, 0.29) is 16.9 Å². The number of anilines is 1. The standard InChI is InChI=1S/C14H11FN2O3/c1-9-5-6-12(15)13(7-9)16-14(18)10-3-2-4-11(8-10)17(19)20/h2-8H,1H3,(H,16,18). The Morgan fingerprint density at radius 3 is 2.70 bits per heavy atom. The molecule has 0 heterocycles. The average molecular weight is 274 g/mol. The molecule has 0 unspecified atom stereocenters. The monoisotopic (exact) mass is 274 g/mol. The van der Waals surface area contributed by atoms with E-state index in [1.807, 2.05) is 0 Å². The highest BCUT2D eigenvalue weighted by atomic mass is 19.1. The average Bonchev–Trinajstić information content (AvgIpc) is 2.43. The summed E-state index contributed by atoms with van der Waals surface area (Å²) in [5.41, 5.74) is 0.740. The number of carbonyl (C=O) groups excluding carboxylic acids is 1. The van der Waals surface area contributed by atoms with Crippen LogP contribution in [0.15, 0.2) is 42.5 Å². The first-order chi connectivity index (χ1) is 9.47. The lowest BCUT2D eigenvalue weighted by atomic mass is 10.1. The summed E-state index contributed by atoms with van der Waals surface area (Å²) in [7, 11) is 0. The Morgan fingerprint density at radius 1 is 1.25 bits per heavy atom. The van der Waals surface area contributed by atoms with Gasteiger partial charge in [-0.05, 0) is 30.7 Å². The molecule has 1 amide bonds. The van der Waals surface area contributed by atoms with Crippen LogP contribution < -0.4 is 5.32 Å². The van der Waals surface area contributed by atoms with Crippen molar-refractivity contribution < 1.29 is 14.1 Å². The number of carbonyl (C=O) groups is 1. The summed E-state index contributed by atoms with van der Waals surface area (Å²) in [6, 6.07) is 9.57. The maximum atomic E-state index is 13.5. The molecule has 0 aliphatic carbocycles. The molecule has 1 N–H and O–H groups in total. The lowest BCUT2D eigenvalue weighted by molar-refractivity contribution is -0.384. The third-order valence-corrected chi connectivity index (χ3v) is 2.69. The normalized spacial score (nSPS) is 10.1. The van der Waals surface area contributed by atoms with Crippen LogP contribution in [-0.2, 0) is 0 Å². The van der Waals surface area contributed by atoms with E-state index in [4.69, 9.17) is 0 Å². The highest BCUT2D eigenvalue weighted by molar-refractivity contribution is 6.04. The van der Waals surface area contributed by atoms with Gasteiger partial charge in [0.1, 0.15) is 5.82 Å². The topological polar surface area (TPSA) is 72.2 Å². The molecule has 0 spiro atoms. The summed E-state index contributed by atoms with van der Waals surface area (Å²) in [5.74, 6) is -1.16. The van der Waals surface area contributed by atoms with E-state index in [0.29, 0.717) is 0 Å². The first kappa shape index (κ1) is 13.7. The predicted molar refractivity (Wildman–Crippen MR) is 72.2 cm³/mol. The van der Waals surface area contributed by atoms with E-state index in [1.54, 1.807) is 13.0 Å². The van der Waals surface area contributed by atoms with E-state index in [9.17, 15) is 19.3 Å². The minimum atomic E-state index is -0.599. The molecule has 0 saturated heterocycles. The molecular formula is C14H11FN2O3. The molecule has 20 heavy (non-hydrogen) atoms. The van der Waals surface area contributed by atoms with Gasteiger partial charge in [-0.2, -0.15) is 0 Å². The summed E-state index contributed by atoms with van der Waals surface area (Å²) in [4.78, 5) is 22.0. The van der Waals surface area contributed by atoms with Crippen molar-refractivity contribution in [2.24, 2.45) is 0 Å². The summed E-state index contributed by atoms with van der Waals surface area (Å²) in [6.07, 6.45) is 0. The number of halogens is 1. The van der Waals surface area contributed by atoms with Crippen LogP contribution in [0.25, 0.3) is 0 Å². The van der Waals surface area contributed by atoms with Crippen LogP contribution in [0.2, 0.25) is 0 Å². The van der Waals surface area contributed by atoms with Gasteiger partial charge < -0.3 is 5.32 Å². The minimum Gasteiger partial charge on any atom is -0.319 e. The zero-order valence-corrected chi connectivity index (χ0v) is 10.6. The second-order valence-electron chi connectivity index (χ2n) is 4.24. The fourth-order valence-electron chi connectivity index (χ4n) is 1.69. The summed E-state index contributed by atoms with van der Waals surface area (Å²) in [5, 5.41) is 13.0. The number of amides is 1. The molecule has 0 aromatic heterocycles. The quantitative estimate of drug-likeness (QED) is 0.689. The van der Waals surface area contributed by atoms with Gasteiger partial charge in [-0.3, -0.25) is 14.9 Å². The zero-order chi connectivity index (χ0) is 14.7. The minimum absolute atomic E-state index is 0.0431. The fraction of sp³-hybridized carbons (Fsp3) is 0.0714. The highest BCUT2D eigenvalue weighted by Gasteiger charge is 2.13. The Bertz CT molecular complexity index is 686. The molecule has 6 heteroatoms. The van der Waals surface area contributed by atoms with Crippen LogP contribution >= 0.6 is 0 Å². The van der Waals surface area contributed by atoms with Crippen molar-refractivity contribution in [2.45, 2.75) is 6.92 Å². The number of aryl methyl sites for hydroxylation is 1. The van der Waals surface area contributed by atoms with Gasteiger partial charge in [-0.1, -0.05) is 12.1 Å². The van der Waals surface area contributed by atoms with Crippen LogP contribution in [0.1, 0.15) is 15.9 Å². The molecule has 5 nitrogen and oxygen atoms in total. The zero-order valence-electron chi connectivity index (χ0n) is 10.6. The summed E-state index contributed by atoms with van der Waals surface area (Å²) < 4.78 is 13.5. The fourth-order valence-corrected chi connectivity index (χ4v) is 1.69. The van der Waals surface area contributed by atoms with Crippen molar-refractivity contribution in [3.05, 3.63) is 69.5 Å². The van der Waals surface area contributed by atoms with Gasteiger partial charge in [0.25, 0.3) is 11.6 Å². The number of nitrogens with one attached hydrogen (secondary N) is 1. The van der Waals surface area contributed by atoms with Crippen molar-refractivity contribution in [1.82, 2.24) is 0 Å². The number of non-ortho nitro benzene ring substituents is 1. The van der Waals surface area contributed by atoms with Crippen LogP contribution in [-0.4, -0.2) is 10.8 Å². The number of hydrogen-bond acceptors (Lipinski definition) is 3. The van der Waals surface area contributed by atoms with Crippen molar-refractivity contribution in [3.63, 3.8) is 0 Å². The molecule has 2 rings (SSSR count). The Labute approximate surface area is 114 Å². The number of nitrogens with zero attached hydrogens (tertiary/aromatic N) is 1. The predicted octanol–water partition coefficient (Wildman–Crippen LogP) is 3.29. The number of nitro groups is 1. The first-order valence-corrected chi connectivity index (χ1v) is 5.79. The third kappa shape index (κ3) is 2.97. The second-order valence-corrected chi connectivity index (χ2v) is 4.24. The SMILES string of the molecule is Cc1ccc(F)c(NC(=O)c2cccc([N+](=O)[O-])c2)c1. The van der Waals surface area contributed by atoms with Gasteiger partial charge in [0.2, 0.25) is 0 Å². The van der Waals surface area contributed by atoms with E-state index in [0.717, 1.165) is 11.6 Å². The Balaban J connectivity index is 2.26. The number of hydrogen-bond donors (Lipinski definition) is 1. The van der Waals surface area contributed by atoms with Gasteiger partial charge in [0, 0.05) is 17.7 Å². The van der Waals surface area contributed by atoms with E-state index < -0.39 is 16.6 Å². The molecule has 2 aromatic carbocycles. The molecule has 0 fully saturated rings. The molecular weight excluding hydrogens is 263 g/mol. The number of nitro benzene ring substituents is 1. The van der Waals surface area contributed by atoms with Crippen LogP contribution in [0.3, 0.4) is 0 Å². The summed E-state index contributed by atoms with van der Waals surface area (Å²) in [6.45, 7) is 1.77. The molecule has 2 aromatic rings. The maximum Gasteiger partial charge on any atom is 0.270 e. The van der Waals surface area contributed by atoms with E-state index in [2.05, 4.69) is 5.32 Å². The van der Waals surface area contributed by atoms with E-state index >= 15 is 0 Å². The van der Waals surface area contributed by atoms with Gasteiger partial charge in [-0.25, -0.2) is 4.39 Å². The number of benzene rings is 2. The van der Waals surface area contributed by atoms with Gasteiger partial charge in [0.05, 0.1) is 10.6 Å². The molecule has 0 aliphatic rings. The Morgan fingerprint density at radius 2 is 2.00 bits per heavy atom. The third-order valence-electron chi connectivity index (χ3n) is 2.69. The van der Waals surface area contributed by atoms with Crippen molar-refractivity contribution in [1.29, 1.82) is 0 Å². The van der Waals surface area contributed by atoms with Crippen LogP contribution in [0.5, 0.6) is 0 Å². The van der Waals surface area contributed by atoms with Crippen LogP contribution in [0.4, 0.5) is 15.8 Å². The van der Waals surface area contributed by atoms with Gasteiger partial charge in [0.15, 0.2) is 0 Å². The Kier molecular flexibility index (Phi) is 3.74. The molecule has 0 radical (unpaired) electrons. The Hall–Kier alpha value is -2.76. The molecule has 0 saturated carbocycles. The molecule has 0 atom stereocenters.